The van der Waals surface area contributed by atoms with E-state index in [2.05, 4.69) is 10.2 Å². The Morgan fingerprint density at radius 2 is 1.76 bits per heavy atom. The Morgan fingerprint density at radius 3 is 2.46 bits per heavy atom. The summed E-state index contributed by atoms with van der Waals surface area (Å²) in [6.45, 7) is 1.93. The number of halogens is 2. The van der Waals surface area contributed by atoms with E-state index in [1.807, 2.05) is 55.5 Å². The van der Waals surface area contributed by atoms with Gasteiger partial charge >= 0.3 is 5.91 Å². The number of carbonyl (C=O) groups excluding carboxylic acids is 2. The predicted octanol–water partition coefficient (Wildman–Crippen LogP) is 7.07. The average molecular weight is 569 g/mol. The summed E-state index contributed by atoms with van der Waals surface area (Å²) in [6.07, 6.45) is 0. The second-order valence-corrected chi connectivity index (χ2v) is 11.3. The van der Waals surface area contributed by atoms with E-state index in [0.717, 1.165) is 11.1 Å². The van der Waals surface area contributed by atoms with E-state index in [1.54, 1.807) is 24.3 Å². The molecule has 1 aliphatic rings. The van der Waals surface area contributed by atoms with Gasteiger partial charge in [0.25, 0.3) is 5.78 Å². The highest BCUT2D eigenvalue weighted by Gasteiger charge is 2.48. The minimum Gasteiger partial charge on any atom is -0.507 e. The molecule has 5 rings (SSSR count). The normalized spacial score (nSPS) is 16.9. The third-order valence-corrected chi connectivity index (χ3v) is 8.54. The Kier molecular flexibility index (Phi) is 7.35. The number of hydrogen-bond acceptors (Lipinski definition) is 7. The van der Waals surface area contributed by atoms with Gasteiger partial charge in [-0.2, -0.15) is 0 Å². The number of ketones is 1. The van der Waals surface area contributed by atoms with E-state index < -0.39 is 17.7 Å². The van der Waals surface area contributed by atoms with Gasteiger partial charge in [0, 0.05) is 21.4 Å². The van der Waals surface area contributed by atoms with Crippen LogP contribution >= 0.6 is 46.3 Å². The Morgan fingerprint density at radius 1 is 1.03 bits per heavy atom. The lowest BCUT2D eigenvalue weighted by molar-refractivity contribution is -0.132. The first kappa shape index (κ1) is 25.5. The van der Waals surface area contributed by atoms with Crippen LogP contribution in [0.2, 0.25) is 10.0 Å². The fourth-order valence-corrected chi connectivity index (χ4v) is 6.41. The van der Waals surface area contributed by atoms with Crippen LogP contribution in [0.3, 0.4) is 0 Å². The quantitative estimate of drug-likeness (QED) is 0.0881. The number of carbonyl (C=O) groups is 2. The Hall–Kier alpha value is -3.17. The first-order valence-corrected chi connectivity index (χ1v) is 13.7. The minimum absolute atomic E-state index is 0.0115. The molecule has 4 aromatic rings. The zero-order chi connectivity index (χ0) is 26.1. The number of anilines is 1. The molecule has 0 radical (unpaired) electrons. The first-order valence-electron chi connectivity index (χ1n) is 11.2. The predicted molar refractivity (Wildman–Crippen MR) is 148 cm³/mol. The van der Waals surface area contributed by atoms with Crippen LogP contribution in [0.5, 0.6) is 0 Å². The summed E-state index contributed by atoms with van der Waals surface area (Å²) in [7, 11) is 0. The number of hydrogen-bond donors (Lipinski definition) is 1. The number of aromatic nitrogens is 2. The van der Waals surface area contributed by atoms with Crippen molar-refractivity contribution < 1.29 is 14.7 Å². The van der Waals surface area contributed by atoms with E-state index in [-0.39, 0.29) is 16.5 Å². The number of aryl methyl sites for hydroxylation is 1. The van der Waals surface area contributed by atoms with Crippen LogP contribution in [0.1, 0.15) is 28.3 Å². The molecule has 1 aliphatic heterocycles. The fraction of sp³-hybridized carbons (Fsp3) is 0.111. The lowest BCUT2D eigenvalue weighted by Gasteiger charge is -2.22. The Balaban J connectivity index is 1.51. The maximum atomic E-state index is 13.3. The van der Waals surface area contributed by atoms with E-state index in [1.165, 1.54) is 28.0 Å². The maximum Gasteiger partial charge on any atom is 0.301 e. The molecule has 186 valence electrons. The minimum atomic E-state index is -0.848. The highest BCUT2D eigenvalue weighted by molar-refractivity contribution is 8.00. The molecular formula is C27H19Cl2N3O3S2. The van der Waals surface area contributed by atoms with Gasteiger partial charge in [0.05, 0.1) is 11.6 Å². The number of amides is 1. The van der Waals surface area contributed by atoms with Crippen molar-refractivity contribution in [1.82, 2.24) is 10.2 Å². The van der Waals surface area contributed by atoms with Gasteiger partial charge in [-0.05, 0) is 30.2 Å². The van der Waals surface area contributed by atoms with Gasteiger partial charge in [-0.3, -0.25) is 14.5 Å². The molecule has 10 heteroatoms. The van der Waals surface area contributed by atoms with Gasteiger partial charge in [-0.1, -0.05) is 113 Å². The molecular weight excluding hydrogens is 549 g/mol. The molecule has 0 saturated carbocycles. The largest absolute Gasteiger partial charge is 0.507 e. The Bertz CT molecular complexity index is 1520. The zero-order valence-electron chi connectivity index (χ0n) is 19.4. The third-order valence-electron chi connectivity index (χ3n) is 5.85. The molecule has 2 heterocycles. The van der Waals surface area contributed by atoms with Crippen LogP contribution in [0.25, 0.3) is 5.76 Å². The van der Waals surface area contributed by atoms with Crippen molar-refractivity contribution >= 4 is 68.9 Å². The molecule has 0 spiro atoms. The number of Topliss-reactive ketones (excluding diaryl/α,β-unsaturated/α-hetero) is 1. The monoisotopic (exact) mass is 567 g/mol. The Labute approximate surface area is 231 Å². The van der Waals surface area contributed by atoms with E-state index in [0.29, 0.717) is 31.3 Å². The summed E-state index contributed by atoms with van der Waals surface area (Å²) in [5.41, 5.74) is 3.04. The number of rotatable bonds is 6. The summed E-state index contributed by atoms with van der Waals surface area (Å²) in [5.74, 6) is -1.25. The topological polar surface area (TPSA) is 83.4 Å². The molecule has 1 amide bonds. The smallest absolute Gasteiger partial charge is 0.301 e. The summed E-state index contributed by atoms with van der Waals surface area (Å²) < 4.78 is 0.605. The van der Waals surface area contributed by atoms with E-state index in [9.17, 15) is 14.7 Å². The molecule has 1 fully saturated rings. The molecule has 37 heavy (non-hydrogen) atoms. The fourth-order valence-electron chi connectivity index (χ4n) is 3.98. The SMILES string of the molecule is Cc1ccc(/C(O)=C2/C(=O)C(=O)N(c3nnc(SCc4ccc(Cl)cc4Cl)s3)C2c2ccccc2)cc1. The lowest BCUT2D eigenvalue weighted by Crippen LogP contribution is -2.29. The molecule has 1 N–H and O–H groups in total. The lowest BCUT2D eigenvalue weighted by atomic mass is 9.95. The van der Waals surface area contributed by atoms with Gasteiger partial charge in [-0.25, -0.2) is 0 Å². The molecule has 0 aliphatic carbocycles. The number of thioether (sulfide) groups is 1. The summed E-state index contributed by atoms with van der Waals surface area (Å²) in [4.78, 5) is 27.9. The number of nitrogens with zero attached hydrogens (tertiary/aromatic N) is 3. The van der Waals surface area contributed by atoms with Crippen LogP contribution in [0.15, 0.2) is 82.7 Å². The van der Waals surface area contributed by atoms with Crippen molar-refractivity contribution in [3.05, 3.63) is 111 Å². The maximum absolute atomic E-state index is 13.3. The van der Waals surface area contributed by atoms with Gasteiger partial charge < -0.3 is 5.11 Å². The van der Waals surface area contributed by atoms with Crippen molar-refractivity contribution in [3.8, 4) is 0 Å². The van der Waals surface area contributed by atoms with Crippen molar-refractivity contribution in [2.45, 2.75) is 23.1 Å². The zero-order valence-corrected chi connectivity index (χ0v) is 22.5. The van der Waals surface area contributed by atoms with E-state index >= 15 is 0 Å². The molecule has 1 unspecified atom stereocenters. The van der Waals surface area contributed by atoms with Crippen LogP contribution in [0.4, 0.5) is 5.13 Å². The van der Waals surface area contributed by atoms with E-state index in [4.69, 9.17) is 23.2 Å². The van der Waals surface area contributed by atoms with Gasteiger partial charge in [0.2, 0.25) is 5.13 Å². The standard InChI is InChI=1S/C27H19Cl2N3O3S2/c1-15-7-9-17(10-8-15)23(33)21-22(16-5-3-2-4-6-16)32(25(35)24(21)34)26-30-31-27(37-26)36-14-18-11-12-19(28)13-20(18)29/h2-13,22,33H,14H2,1H3/b23-21-. The second-order valence-electron chi connectivity index (χ2n) is 8.32. The summed E-state index contributed by atoms with van der Waals surface area (Å²) in [5, 5.41) is 21.0. The first-order chi connectivity index (χ1) is 17.8. The van der Waals surface area contributed by atoms with Crippen LogP contribution < -0.4 is 4.90 Å². The van der Waals surface area contributed by atoms with Crippen molar-refractivity contribution in [2.75, 3.05) is 4.90 Å². The van der Waals surface area contributed by atoms with Gasteiger partial charge in [0.1, 0.15) is 5.76 Å². The molecule has 3 aromatic carbocycles. The van der Waals surface area contributed by atoms with Gasteiger partial charge in [0.15, 0.2) is 4.34 Å². The summed E-state index contributed by atoms with van der Waals surface area (Å²) in [6, 6.07) is 20.7. The molecule has 1 saturated heterocycles. The van der Waals surface area contributed by atoms with Gasteiger partial charge in [-0.15, -0.1) is 10.2 Å². The molecule has 0 bridgehead atoms. The second kappa shape index (κ2) is 10.7. The highest BCUT2D eigenvalue weighted by atomic mass is 35.5. The number of aliphatic hydroxyl groups is 1. The van der Waals surface area contributed by atoms with Crippen LogP contribution in [-0.2, 0) is 15.3 Å². The average Bonchev–Trinajstić information content (AvgIpc) is 3.46. The van der Waals surface area contributed by atoms with Crippen molar-refractivity contribution in [3.63, 3.8) is 0 Å². The molecule has 6 nitrogen and oxygen atoms in total. The number of benzene rings is 3. The molecule has 1 aromatic heterocycles. The number of aliphatic hydroxyl groups excluding tert-OH is 1. The van der Waals surface area contributed by atoms with Crippen molar-refractivity contribution in [2.24, 2.45) is 0 Å². The highest BCUT2D eigenvalue weighted by Crippen LogP contribution is 2.44. The van der Waals surface area contributed by atoms with Crippen LogP contribution in [-0.4, -0.2) is 27.0 Å². The third kappa shape index (κ3) is 5.15. The van der Waals surface area contributed by atoms with Crippen LogP contribution in [0, 0.1) is 6.92 Å². The van der Waals surface area contributed by atoms with Crippen molar-refractivity contribution in [1.29, 1.82) is 0 Å². The summed E-state index contributed by atoms with van der Waals surface area (Å²) >= 11 is 14.9. The molecule has 1 atom stereocenters.